The van der Waals surface area contributed by atoms with Crippen LogP contribution in [0.2, 0.25) is 0 Å². The van der Waals surface area contributed by atoms with Crippen LogP contribution in [-0.4, -0.2) is 16.8 Å². The van der Waals surface area contributed by atoms with E-state index >= 15 is 0 Å². The summed E-state index contributed by atoms with van der Waals surface area (Å²) in [5, 5.41) is 9.08. The topological polar surface area (TPSA) is 33.1 Å². The second-order valence-corrected chi connectivity index (χ2v) is 2.92. The van der Waals surface area contributed by atoms with Gasteiger partial charge in [-0.05, 0) is 22.0 Å². The third-order valence-electron chi connectivity index (χ3n) is 1.31. The molecule has 1 aromatic heterocycles. The van der Waals surface area contributed by atoms with Crippen LogP contribution in [0, 0.1) is 0 Å². The first-order chi connectivity index (χ1) is 5.25. The number of hydrogen-bond donors (Lipinski definition) is 1. The number of rotatable bonds is 2. The Morgan fingerprint density at radius 3 is 3.00 bits per heavy atom. The van der Waals surface area contributed by atoms with Crippen LogP contribution in [0.1, 0.15) is 11.7 Å². The summed E-state index contributed by atoms with van der Waals surface area (Å²) in [5.74, 6) is 0. The number of halogens is 2. The minimum Gasteiger partial charge on any atom is -0.386 e. The van der Waals surface area contributed by atoms with Crippen molar-refractivity contribution in [2.45, 2.75) is 6.10 Å². The molecule has 1 unspecified atom stereocenters. The van der Waals surface area contributed by atoms with E-state index in [2.05, 4.69) is 20.9 Å². The summed E-state index contributed by atoms with van der Waals surface area (Å²) in [6, 6.07) is 1.58. The van der Waals surface area contributed by atoms with Crippen LogP contribution in [0.3, 0.4) is 0 Å². The first kappa shape index (κ1) is 8.62. The van der Waals surface area contributed by atoms with Crippen molar-refractivity contribution in [3.63, 3.8) is 0 Å². The van der Waals surface area contributed by atoms with E-state index in [-0.39, 0.29) is 0 Å². The smallest absolute Gasteiger partial charge is 0.120 e. The van der Waals surface area contributed by atoms with Crippen molar-refractivity contribution < 1.29 is 9.50 Å². The van der Waals surface area contributed by atoms with Crippen molar-refractivity contribution in [1.29, 1.82) is 0 Å². The van der Waals surface area contributed by atoms with E-state index in [1.165, 1.54) is 12.4 Å². The van der Waals surface area contributed by atoms with Crippen molar-refractivity contribution in [2.75, 3.05) is 6.67 Å². The number of hydrogen-bond acceptors (Lipinski definition) is 2. The molecule has 1 aromatic rings. The van der Waals surface area contributed by atoms with Gasteiger partial charge in [-0.1, -0.05) is 0 Å². The van der Waals surface area contributed by atoms with Gasteiger partial charge in [0, 0.05) is 22.4 Å². The minimum atomic E-state index is -1.05. The molecule has 0 spiro atoms. The highest BCUT2D eigenvalue weighted by Gasteiger charge is 2.09. The second kappa shape index (κ2) is 3.78. The third kappa shape index (κ3) is 1.97. The quantitative estimate of drug-likeness (QED) is 0.824. The maximum atomic E-state index is 12.0. The Morgan fingerprint density at radius 2 is 2.45 bits per heavy atom. The first-order valence-corrected chi connectivity index (χ1v) is 3.88. The molecule has 0 amide bonds. The Kier molecular flexibility index (Phi) is 2.96. The van der Waals surface area contributed by atoms with E-state index in [9.17, 15) is 4.39 Å². The highest BCUT2D eigenvalue weighted by atomic mass is 79.9. The molecule has 1 N–H and O–H groups in total. The zero-order valence-corrected chi connectivity index (χ0v) is 7.25. The molecule has 1 heterocycles. The molecule has 0 bridgehead atoms. The lowest BCUT2D eigenvalue weighted by molar-refractivity contribution is 0.141. The molecule has 60 valence electrons. The minimum absolute atomic E-state index is 0.530. The van der Waals surface area contributed by atoms with E-state index in [1.54, 1.807) is 6.07 Å². The van der Waals surface area contributed by atoms with Crippen LogP contribution in [-0.2, 0) is 0 Å². The van der Waals surface area contributed by atoms with Gasteiger partial charge in [0.25, 0.3) is 0 Å². The Bertz CT molecular complexity index is 244. The van der Waals surface area contributed by atoms with E-state index in [0.717, 1.165) is 0 Å². The van der Waals surface area contributed by atoms with Gasteiger partial charge in [0.15, 0.2) is 0 Å². The van der Waals surface area contributed by atoms with E-state index in [0.29, 0.717) is 10.0 Å². The fraction of sp³-hybridized carbons (Fsp3) is 0.286. The number of alkyl halides is 1. The lowest BCUT2D eigenvalue weighted by Crippen LogP contribution is -2.00. The summed E-state index contributed by atoms with van der Waals surface area (Å²) in [6.45, 7) is -0.775. The fourth-order valence-electron chi connectivity index (χ4n) is 0.739. The maximum Gasteiger partial charge on any atom is 0.120 e. The molecule has 1 rings (SSSR count). The second-order valence-electron chi connectivity index (χ2n) is 2.07. The molecule has 0 radical (unpaired) electrons. The van der Waals surface area contributed by atoms with Gasteiger partial charge in [0.05, 0.1) is 0 Å². The van der Waals surface area contributed by atoms with Gasteiger partial charge in [-0.3, -0.25) is 4.98 Å². The predicted molar refractivity (Wildman–Crippen MR) is 42.9 cm³/mol. The van der Waals surface area contributed by atoms with Gasteiger partial charge < -0.3 is 5.11 Å². The molecule has 1 atom stereocenters. The van der Waals surface area contributed by atoms with Crippen molar-refractivity contribution in [3.05, 3.63) is 28.5 Å². The molecule has 2 nitrogen and oxygen atoms in total. The Labute approximate surface area is 72.2 Å². The van der Waals surface area contributed by atoms with Crippen LogP contribution < -0.4 is 0 Å². The van der Waals surface area contributed by atoms with Crippen molar-refractivity contribution in [2.24, 2.45) is 0 Å². The van der Waals surface area contributed by atoms with Crippen molar-refractivity contribution >= 4 is 15.9 Å². The first-order valence-electron chi connectivity index (χ1n) is 3.09. The van der Waals surface area contributed by atoms with Gasteiger partial charge in [-0.2, -0.15) is 0 Å². The largest absolute Gasteiger partial charge is 0.386 e. The van der Waals surface area contributed by atoms with Crippen molar-refractivity contribution in [3.8, 4) is 0 Å². The summed E-state index contributed by atoms with van der Waals surface area (Å²) in [5.41, 5.74) is 0.530. The number of pyridine rings is 1. The molecule has 0 aliphatic heterocycles. The highest BCUT2D eigenvalue weighted by Crippen LogP contribution is 2.21. The number of nitrogens with zero attached hydrogens (tertiary/aromatic N) is 1. The Morgan fingerprint density at radius 1 is 1.73 bits per heavy atom. The Balaban J connectivity index is 2.93. The predicted octanol–water partition coefficient (Wildman–Crippen LogP) is 1.85. The molecule has 0 saturated heterocycles. The molecular weight excluding hydrogens is 213 g/mol. The SMILES string of the molecule is OC(CF)c1ccncc1Br. The molecule has 4 heteroatoms. The van der Waals surface area contributed by atoms with Gasteiger partial charge >= 0.3 is 0 Å². The van der Waals surface area contributed by atoms with E-state index in [4.69, 9.17) is 5.11 Å². The average Bonchev–Trinajstić information content (AvgIpc) is 2.04. The lowest BCUT2D eigenvalue weighted by atomic mass is 10.2. The van der Waals surface area contributed by atoms with Crippen LogP contribution in [0.5, 0.6) is 0 Å². The monoisotopic (exact) mass is 219 g/mol. The highest BCUT2D eigenvalue weighted by molar-refractivity contribution is 9.10. The van der Waals surface area contributed by atoms with Gasteiger partial charge in [0.2, 0.25) is 0 Å². The maximum absolute atomic E-state index is 12.0. The fourth-order valence-corrected chi connectivity index (χ4v) is 1.25. The van der Waals surface area contributed by atoms with Gasteiger partial charge in [0.1, 0.15) is 12.8 Å². The summed E-state index contributed by atoms with van der Waals surface area (Å²) in [6.07, 6.45) is 1.99. The van der Waals surface area contributed by atoms with Gasteiger partial charge in [-0.25, -0.2) is 4.39 Å². The average molecular weight is 220 g/mol. The normalized spacial score (nSPS) is 13.0. The molecule has 11 heavy (non-hydrogen) atoms. The third-order valence-corrected chi connectivity index (χ3v) is 1.97. The van der Waals surface area contributed by atoms with E-state index < -0.39 is 12.8 Å². The van der Waals surface area contributed by atoms with Crippen molar-refractivity contribution in [1.82, 2.24) is 4.98 Å². The summed E-state index contributed by atoms with van der Waals surface area (Å²) in [4.78, 5) is 3.78. The molecule has 0 aromatic carbocycles. The van der Waals surface area contributed by atoms with Crippen LogP contribution >= 0.6 is 15.9 Å². The Hall–Kier alpha value is -0.480. The van der Waals surface area contributed by atoms with Crippen LogP contribution in [0.4, 0.5) is 4.39 Å². The number of aromatic nitrogens is 1. The van der Waals surface area contributed by atoms with Crippen LogP contribution in [0.15, 0.2) is 22.9 Å². The number of aliphatic hydroxyl groups is 1. The van der Waals surface area contributed by atoms with Gasteiger partial charge in [-0.15, -0.1) is 0 Å². The van der Waals surface area contributed by atoms with E-state index in [1.807, 2.05) is 0 Å². The zero-order valence-electron chi connectivity index (χ0n) is 5.67. The zero-order chi connectivity index (χ0) is 8.27. The lowest BCUT2D eigenvalue weighted by Gasteiger charge is -2.06. The summed E-state index contributed by atoms with van der Waals surface area (Å²) >= 11 is 3.15. The summed E-state index contributed by atoms with van der Waals surface area (Å²) in [7, 11) is 0. The van der Waals surface area contributed by atoms with Crippen LogP contribution in [0.25, 0.3) is 0 Å². The molecule has 0 aliphatic carbocycles. The summed E-state index contributed by atoms with van der Waals surface area (Å²) < 4.78 is 12.6. The standard InChI is InChI=1S/C7H7BrFNO/c8-6-4-10-2-1-5(6)7(11)3-9/h1-2,4,7,11H,3H2. The number of aliphatic hydroxyl groups excluding tert-OH is 1. The molecule has 0 aliphatic rings. The molecule has 0 fully saturated rings. The molecular formula is C7H7BrFNO. The molecule has 0 saturated carbocycles.